The van der Waals surface area contributed by atoms with Crippen molar-refractivity contribution in [3.63, 3.8) is 0 Å². The maximum atomic E-state index is 12.6. The van der Waals surface area contributed by atoms with Gasteiger partial charge < -0.3 is 0 Å². The Morgan fingerprint density at radius 3 is 2.60 bits per heavy atom. The Hall–Kier alpha value is -1.17. The van der Waals surface area contributed by atoms with Crippen LogP contribution < -0.4 is 0 Å². The summed E-state index contributed by atoms with van der Waals surface area (Å²) in [5.41, 5.74) is -1.25. The first-order valence-corrected chi connectivity index (χ1v) is 8.41. The lowest BCUT2D eigenvalue weighted by molar-refractivity contribution is -0.127. The van der Waals surface area contributed by atoms with Crippen molar-refractivity contribution in [2.24, 2.45) is 16.7 Å². The molecule has 0 aromatic heterocycles. The topological polar surface area (TPSA) is 71.5 Å². The zero-order valence-corrected chi connectivity index (χ0v) is 12.7. The molecule has 2 bridgehead atoms. The molecule has 1 amide bonds. The van der Waals surface area contributed by atoms with Crippen molar-refractivity contribution in [1.82, 2.24) is 4.31 Å². The average molecular weight is 297 g/mol. The standard InChI is InChI=1S/C14H19NO4S/c1-4-5-11(16)15-10-8-9-6-7-14(10,13(9,2)3)12(17)20(15,18)19/h4-5,9-10H,6-8H2,1-3H3/b5-4+/t9-,10-,14+/m1/s1. The van der Waals surface area contributed by atoms with Crippen molar-refractivity contribution < 1.29 is 18.0 Å². The van der Waals surface area contributed by atoms with Crippen LogP contribution in [-0.2, 0) is 19.6 Å². The Morgan fingerprint density at radius 2 is 2.05 bits per heavy atom. The van der Waals surface area contributed by atoms with Gasteiger partial charge in [-0.3, -0.25) is 9.59 Å². The molecule has 1 heterocycles. The molecule has 0 unspecified atom stereocenters. The van der Waals surface area contributed by atoms with Crippen LogP contribution in [0.3, 0.4) is 0 Å². The largest absolute Gasteiger partial charge is 0.301 e. The molecule has 6 heteroatoms. The highest BCUT2D eigenvalue weighted by molar-refractivity contribution is 8.05. The first-order chi connectivity index (χ1) is 9.21. The second kappa shape index (κ2) is 3.72. The number of rotatable bonds is 1. The van der Waals surface area contributed by atoms with E-state index in [1.807, 2.05) is 13.8 Å². The van der Waals surface area contributed by atoms with Gasteiger partial charge in [0.2, 0.25) is 0 Å². The molecule has 1 saturated heterocycles. The molecule has 3 aliphatic rings. The second-order valence-corrected chi connectivity index (χ2v) is 8.32. The third-order valence-electron chi connectivity index (χ3n) is 5.80. The molecule has 0 radical (unpaired) electrons. The number of sulfonamides is 1. The van der Waals surface area contributed by atoms with Crippen LogP contribution in [0, 0.1) is 16.7 Å². The van der Waals surface area contributed by atoms with E-state index >= 15 is 0 Å². The third kappa shape index (κ3) is 1.22. The van der Waals surface area contributed by atoms with Crippen molar-refractivity contribution in [1.29, 1.82) is 0 Å². The molecule has 1 aliphatic heterocycles. The Bertz CT molecular complexity index is 634. The summed E-state index contributed by atoms with van der Waals surface area (Å²) in [6.07, 6.45) is 4.79. The molecule has 3 atom stereocenters. The SMILES string of the molecule is C/C=C/C(=O)N1[C@@H]2C[C@H]3CC[C@]2(C(=O)S1(=O)=O)C3(C)C. The quantitative estimate of drug-likeness (QED) is 0.687. The molecule has 20 heavy (non-hydrogen) atoms. The van der Waals surface area contributed by atoms with Crippen LogP contribution in [0.15, 0.2) is 12.2 Å². The van der Waals surface area contributed by atoms with Crippen molar-refractivity contribution >= 4 is 21.0 Å². The van der Waals surface area contributed by atoms with Crippen LogP contribution >= 0.6 is 0 Å². The number of hydrogen-bond donors (Lipinski definition) is 0. The van der Waals surface area contributed by atoms with E-state index in [9.17, 15) is 18.0 Å². The van der Waals surface area contributed by atoms with Gasteiger partial charge in [-0.2, -0.15) is 8.42 Å². The van der Waals surface area contributed by atoms with Crippen LogP contribution in [0.25, 0.3) is 0 Å². The normalized spacial score (nSPS) is 40.5. The lowest BCUT2D eigenvalue weighted by Gasteiger charge is -2.34. The van der Waals surface area contributed by atoms with E-state index < -0.39 is 32.5 Å². The summed E-state index contributed by atoms with van der Waals surface area (Å²) in [4.78, 5) is 24.8. The molecule has 5 nitrogen and oxygen atoms in total. The molecular weight excluding hydrogens is 278 g/mol. The molecule has 0 aromatic carbocycles. The van der Waals surface area contributed by atoms with Crippen LogP contribution in [0.5, 0.6) is 0 Å². The molecule has 2 saturated carbocycles. The summed E-state index contributed by atoms with van der Waals surface area (Å²) >= 11 is 0. The molecule has 3 fully saturated rings. The maximum Gasteiger partial charge on any atom is 0.301 e. The fourth-order valence-corrected chi connectivity index (χ4v) is 6.74. The van der Waals surface area contributed by atoms with Crippen LogP contribution in [0.1, 0.15) is 40.0 Å². The highest BCUT2D eigenvalue weighted by Gasteiger charge is 2.77. The van der Waals surface area contributed by atoms with Gasteiger partial charge in [0.1, 0.15) is 0 Å². The van der Waals surface area contributed by atoms with E-state index in [0.717, 1.165) is 10.7 Å². The summed E-state index contributed by atoms with van der Waals surface area (Å²) in [6.45, 7) is 5.60. The summed E-state index contributed by atoms with van der Waals surface area (Å²) in [7, 11) is -4.17. The van der Waals surface area contributed by atoms with Gasteiger partial charge >= 0.3 is 10.0 Å². The number of allylic oxidation sites excluding steroid dienone is 1. The van der Waals surface area contributed by atoms with Crippen LogP contribution in [0.4, 0.5) is 0 Å². The van der Waals surface area contributed by atoms with Gasteiger partial charge in [-0.1, -0.05) is 19.9 Å². The molecule has 1 spiro atoms. The van der Waals surface area contributed by atoms with E-state index in [1.54, 1.807) is 6.92 Å². The zero-order valence-electron chi connectivity index (χ0n) is 11.9. The number of amides is 1. The minimum absolute atomic E-state index is 0.313. The molecular formula is C14H19NO4S. The predicted molar refractivity (Wildman–Crippen MR) is 72.9 cm³/mol. The maximum absolute atomic E-state index is 12.6. The van der Waals surface area contributed by atoms with Crippen molar-refractivity contribution in [2.45, 2.75) is 46.1 Å². The minimum Gasteiger partial charge on any atom is -0.279 e. The second-order valence-electron chi connectivity index (χ2n) is 6.61. The molecule has 0 N–H and O–H groups in total. The first-order valence-electron chi connectivity index (χ1n) is 6.97. The summed E-state index contributed by atoms with van der Waals surface area (Å²) in [5, 5.41) is -0.738. The van der Waals surface area contributed by atoms with E-state index in [1.165, 1.54) is 12.2 Å². The van der Waals surface area contributed by atoms with Crippen LogP contribution in [-0.4, -0.2) is 29.8 Å². The zero-order chi connectivity index (χ0) is 14.9. The summed E-state index contributed by atoms with van der Waals surface area (Å²) in [6, 6.07) is -0.488. The Labute approximate surface area is 119 Å². The summed E-state index contributed by atoms with van der Waals surface area (Å²) < 4.78 is 25.7. The van der Waals surface area contributed by atoms with Gasteiger partial charge in [-0.05, 0) is 43.6 Å². The smallest absolute Gasteiger partial charge is 0.279 e. The van der Waals surface area contributed by atoms with Crippen molar-refractivity contribution in [2.75, 3.05) is 0 Å². The van der Waals surface area contributed by atoms with E-state index in [0.29, 0.717) is 18.8 Å². The van der Waals surface area contributed by atoms with Gasteiger partial charge in [0.25, 0.3) is 11.0 Å². The van der Waals surface area contributed by atoms with Crippen molar-refractivity contribution in [3.05, 3.63) is 12.2 Å². The fraction of sp³-hybridized carbons (Fsp3) is 0.714. The molecule has 2 aliphatic carbocycles. The third-order valence-corrected chi connectivity index (χ3v) is 7.59. The number of hydrogen-bond acceptors (Lipinski definition) is 4. The fourth-order valence-electron chi connectivity index (χ4n) is 4.70. The van der Waals surface area contributed by atoms with Gasteiger partial charge in [0.05, 0.1) is 11.5 Å². The molecule has 0 aromatic rings. The monoisotopic (exact) mass is 297 g/mol. The highest BCUT2D eigenvalue weighted by atomic mass is 32.2. The van der Waals surface area contributed by atoms with Crippen LogP contribution in [0.2, 0.25) is 0 Å². The number of carbonyl (C=O) groups is 2. The highest BCUT2D eigenvalue weighted by Crippen LogP contribution is 2.70. The van der Waals surface area contributed by atoms with E-state index in [2.05, 4.69) is 0 Å². The number of nitrogens with zero attached hydrogens (tertiary/aromatic N) is 1. The lowest BCUT2D eigenvalue weighted by atomic mass is 9.68. The Balaban J connectivity index is 2.19. The molecule has 3 rings (SSSR count). The van der Waals surface area contributed by atoms with Gasteiger partial charge in [0, 0.05) is 0 Å². The Morgan fingerprint density at radius 1 is 1.40 bits per heavy atom. The minimum atomic E-state index is -4.17. The molecule has 110 valence electrons. The number of fused-ring (bicyclic) bond motifs is 1. The average Bonchev–Trinajstić information content (AvgIpc) is 2.80. The van der Waals surface area contributed by atoms with Gasteiger partial charge in [-0.15, -0.1) is 0 Å². The van der Waals surface area contributed by atoms with Gasteiger partial charge in [0.15, 0.2) is 0 Å². The first kappa shape index (κ1) is 13.8. The number of carbonyl (C=O) groups excluding carboxylic acids is 2. The lowest BCUT2D eigenvalue weighted by Crippen LogP contribution is -2.44. The van der Waals surface area contributed by atoms with E-state index in [4.69, 9.17) is 0 Å². The van der Waals surface area contributed by atoms with Crippen molar-refractivity contribution in [3.8, 4) is 0 Å². The van der Waals surface area contributed by atoms with E-state index in [-0.39, 0.29) is 5.41 Å². The predicted octanol–water partition coefficient (Wildman–Crippen LogP) is 1.46. The Kier molecular flexibility index (Phi) is 2.57. The van der Waals surface area contributed by atoms with Gasteiger partial charge in [-0.25, -0.2) is 4.31 Å². The summed E-state index contributed by atoms with van der Waals surface area (Å²) in [5.74, 6) is -0.279.